The van der Waals surface area contributed by atoms with Gasteiger partial charge in [0, 0.05) is 6.42 Å². The first-order valence-corrected chi connectivity index (χ1v) is 11.8. The second-order valence-electron chi connectivity index (χ2n) is 7.96. The molecule has 30 heavy (non-hydrogen) atoms. The second kappa shape index (κ2) is 15.5. The molecule has 0 saturated heterocycles. The zero-order chi connectivity index (χ0) is 21.3. The van der Waals surface area contributed by atoms with Gasteiger partial charge in [-0.1, -0.05) is 93.7 Å². The van der Waals surface area contributed by atoms with Crippen LogP contribution in [0.5, 0.6) is 5.75 Å². The Balaban J connectivity index is 1.45. The standard InChI is InChI=1S/C28H38O2/c1-2-3-4-5-6-7-8-9-10-11-12-13-14-15-16-21-28(29)30-27-23-22-25-19-17-18-20-26(25)24-27/h6-7,9-10,17-20,22-24H,2-5,8,11-16,21H2,1H3/b7-6-,10-9-. The molecule has 0 aliphatic carbocycles. The van der Waals surface area contributed by atoms with Crippen LogP contribution in [0.15, 0.2) is 66.8 Å². The van der Waals surface area contributed by atoms with Gasteiger partial charge in [-0.15, -0.1) is 0 Å². The third-order valence-electron chi connectivity index (χ3n) is 5.28. The zero-order valence-corrected chi connectivity index (χ0v) is 18.7. The van der Waals surface area contributed by atoms with E-state index in [-0.39, 0.29) is 5.97 Å². The summed E-state index contributed by atoms with van der Waals surface area (Å²) in [6.45, 7) is 2.24. The molecule has 2 rings (SSSR count). The number of esters is 1. The van der Waals surface area contributed by atoms with Gasteiger partial charge < -0.3 is 4.74 Å². The van der Waals surface area contributed by atoms with Gasteiger partial charge >= 0.3 is 5.97 Å². The maximum absolute atomic E-state index is 12.0. The minimum atomic E-state index is -0.129. The number of hydrogen-bond donors (Lipinski definition) is 0. The molecule has 0 aliphatic rings. The van der Waals surface area contributed by atoms with E-state index in [9.17, 15) is 4.79 Å². The van der Waals surface area contributed by atoms with Crippen molar-refractivity contribution >= 4 is 16.7 Å². The monoisotopic (exact) mass is 406 g/mol. The molecule has 2 nitrogen and oxygen atoms in total. The number of unbranched alkanes of at least 4 members (excludes halogenated alkanes) is 8. The summed E-state index contributed by atoms with van der Waals surface area (Å²) in [5.74, 6) is 0.511. The highest BCUT2D eigenvalue weighted by molar-refractivity contribution is 5.84. The highest BCUT2D eigenvalue weighted by atomic mass is 16.5. The lowest BCUT2D eigenvalue weighted by atomic mass is 10.1. The Labute approximate surface area is 183 Å². The highest BCUT2D eigenvalue weighted by Crippen LogP contribution is 2.21. The van der Waals surface area contributed by atoms with Gasteiger partial charge in [-0.05, 0) is 61.4 Å². The van der Waals surface area contributed by atoms with Gasteiger partial charge in [-0.2, -0.15) is 0 Å². The van der Waals surface area contributed by atoms with Crippen molar-refractivity contribution < 1.29 is 9.53 Å². The molecule has 0 atom stereocenters. The van der Waals surface area contributed by atoms with Gasteiger partial charge in [-0.25, -0.2) is 0 Å². The first-order chi connectivity index (χ1) is 14.8. The van der Waals surface area contributed by atoms with E-state index in [0.717, 1.165) is 36.5 Å². The van der Waals surface area contributed by atoms with E-state index < -0.39 is 0 Å². The Morgan fingerprint density at radius 2 is 1.43 bits per heavy atom. The summed E-state index contributed by atoms with van der Waals surface area (Å²) in [5, 5.41) is 2.26. The van der Waals surface area contributed by atoms with E-state index in [0.29, 0.717) is 12.2 Å². The minimum absolute atomic E-state index is 0.129. The topological polar surface area (TPSA) is 26.3 Å². The van der Waals surface area contributed by atoms with Crippen LogP contribution in [0.1, 0.15) is 84.0 Å². The molecule has 2 aromatic carbocycles. The number of fused-ring (bicyclic) bond motifs is 1. The largest absolute Gasteiger partial charge is 0.427 e. The molecule has 2 heteroatoms. The van der Waals surface area contributed by atoms with Crippen molar-refractivity contribution in [2.45, 2.75) is 84.0 Å². The van der Waals surface area contributed by atoms with Crippen LogP contribution in [0.25, 0.3) is 10.8 Å². The van der Waals surface area contributed by atoms with Gasteiger partial charge in [0.2, 0.25) is 0 Å². The summed E-state index contributed by atoms with van der Waals surface area (Å²) < 4.78 is 5.49. The lowest BCUT2D eigenvalue weighted by Gasteiger charge is -2.06. The van der Waals surface area contributed by atoms with E-state index >= 15 is 0 Å². The van der Waals surface area contributed by atoms with Crippen LogP contribution in [0.3, 0.4) is 0 Å². The molecular weight excluding hydrogens is 368 g/mol. The number of benzene rings is 2. The van der Waals surface area contributed by atoms with Crippen LogP contribution >= 0.6 is 0 Å². The highest BCUT2D eigenvalue weighted by Gasteiger charge is 2.05. The predicted molar refractivity (Wildman–Crippen MR) is 129 cm³/mol. The van der Waals surface area contributed by atoms with Gasteiger partial charge in [-0.3, -0.25) is 4.79 Å². The molecule has 0 bridgehead atoms. The Morgan fingerprint density at radius 1 is 0.767 bits per heavy atom. The third kappa shape index (κ3) is 10.4. The summed E-state index contributed by atoms with van der Waals surface area (Å²) in [6.07, 6.45) is 22.7. The van der Waals surface area contributed by atoms with Crippen LogP contribution < -0.4 is 4.74 Å². The Kier molecular flexibility index (Phi) is 12.3. The smallest absolute Gasteiger partial charge is 0.311 e. The van der Waals surface area contributed by atoms with Crippen molar-refractivity contribution in [2.24, 2.45) is 0 Å². The third-order valence-corrected chi connectivity index (χ3v) is 5.28. The Morgan fingerprint density at radius 3 is 2.20 bits per heavy atom. The Bertz CT molecular complexity index is 788. The van der Waals surface area contributed by atoms with E-state index in [1.807, 2.05) is 36.4 Å². The van der Waals surface area contributed by atoms with Gasteiger partial charge in [0.1, 0.15) is 5.75 Å². The first-order valence-electron chi connectivity index (χ1n) is 11.8. The maximum Gasteiger partial charge on any atom is 0.311 e. The molecule has 0 heterocycles. The fraction of sp³-hybridized carbons (Fsp3) is 0.464. The molecule has 2 aromatic rings. The molecule has 0 N–H and O–H groups in total. The number of ether oxygens (including phenoxy) is 1. The van der Waals surface area contributed by atoms with Crippen LogP contribution in [0.4, 0.5) is 0 Å². The van der Waals surface area contributed by atoms with Crippen molar-refractivity contribution in [1.82, 2.24) is 0 Å². The van der Waals surface area contributed by atoms with Crippen LogP contribution in [-0.4, -0.2) is 5.97 Å². The molecule has 0 fully saturated rings. The number of carbonyl (C=O) groups excluding carboxylic acids is 1. The summed E-state index contributed by atoms with van der Waals surface area (Å²) in [4.78, 5) is 12.0. The van der Waals surface area contributed by atoms with Crippen molar-refractivity contribution in [1.29, 1.82) is 0 Å². The molecular formula is C28H38O2. The summed E-state index contributed by atoms with van der Waals surface area (Å²) in [5.41, 5.74) is 0. The lowest BCUT2D eigenvalue weighted by Crippen LogP contribution is -2.07. The fourth-order valence-corrected chi connectivity index (χ4v) is 3.49. The van der Waals surface area contributed by atoms with Gasteiger partial charge in [0.15, 0.2) is 0 Å². The SMILES string of the molecule is CCCCC/C=C\C/C=C\CCCCCCCC(=O)Oc1ccc2ccccc2c1. The number of allylic oxidation sites excluding steroid dienone is 4. The molecule has 0 spiro atoms. The average Bonchev–Trinajstić information content (AvgIpc) is 2.76. The first kappa shape index (κ1) is 23.9. The molecule has 0 radical (unpaired) electrons. The van der Waals surface area contributed by atoms with Crippen molar-refractivity contribution in [2.75, 3.05) is 0 Å². The fourth-order valence-electron chi connectivity index (χ4n) is 3.49. The van der Waals surface area contributed by atoms with E-state index in [1.165, 1.54) is 44.9 Å². The normalized spacial score (nSPS) is 11.6. The quantitative estimate of drug-likeness (QED) is 0.128. The van der Waals surface area contributed by atoms with Crippen molar-refractivity contribution in [3.8, 4) is 5.75 Å². The molecule has 0 aromatic heterocycles. The minimum Gasteiger partial charge on any atom is -0.427 e. The van der Waals surface area contributed by atoms with E-state index in [1.54, 1.807) is 0 Å². The average molecular weight is 407 g/mol. The lowest BCUT2D eigenvalue weighted by molar-refractivity contribution is -0.134. The van der Waals surface area contributed by atoms with Gasteiger partial charge in [0.25, 0.3) is 0 Å². The maximum atomic E-state index is 12.0. The van der Waals surface area contributed by atoms with Crippen LogP contribution in [-0.2, 0) is 4.79 Å². The predicted octanol–water partition coefficient (Wildman–Crippen LogP) is 8.56. The van der Waals surface area contributed by atoms with Crippen LogP contribution in [0.2, 0.25) is 0 Å². The number of rotatable bonds is 15. The van der Waals surface area contributed by atoms with Crippen LogP contribution in [0, 0.1) is 0 Å². The summed E-state index contributed by atoms with van der Waals surface area (Å²) >= 11 is 0. The van der Waals surface area contributed by atoms with E-state index in [4.69, 9.17) is 4.74 Å². The Hall–Kier alpha value is -2.35. The summed E-state index contributed by atoms with van der Waals surface area (Å²) in [7, 11) is 0. The van der Waals surface area contributed by atoms with Gasteiger partial charge in [0.05, 0.1) is 0 Å². The number of carbonyl (C=O) groups is 1. The molecule has 0 amide bonds. The zero-order valence-electron chi connectivity index (χ0n) is 18.7. The van der Waals surface area contributed by atoms with E-state index in [2.05, 4.69) is 37.3 Å². The second-order valence-corrected chi connectivity index (χ2v) is 7.96. The molecule has 0 aliphatic heterocycles. The van der Waals surface area contributed by atoms with Crippen molar-refractivity contribution in [3.63, 3.8) is 0 Å². The van der Waals surface area contributed by atoms with Crippen molar-refractivity contribution in [3.05, 3.63) is 66.8 Å². The molecule has 0 unspecified atom stereocenters. The molecule has 0 saturated carbocycles. The summed E-state index contributed by atoms with van der Waals surface area (Å²) in [6, 6.07) is 13.9. The number of hydrogen-bond acceptors (Lipinski definition) is 2. The molecule has 162 valence electrons.